The normalized spacial score (nSPS) is 24.0. The molecule has 7 nitrogen and oxygen atoms in total. The maximum absolute atomic E-state index is 14.0. The molecule has 2 heterocycles. The number of ether oxygens (including phenoxy) is 1. The molecule has 0 aromatic carbocycles. The molecule has 0 bridgehead atoms. The van der Waals surface area contributed by atoms with Crippen LogP contribution in [-0.2, 0) is 4.79 Å². The fraction of sp³-hybridized carbons (Fsp3) is 0.586. The summed E-state index contributed by atoms with van der Waals surface area (Å²) < 4.78 is 6.07. The lowest BCUT2D eigenvalue weighted by Crippen LogP contribution is -2.47. The Labute approximate surface area is 223 Å². The second-order valence-electron chi connectivity index (χ2n) is 11.4. The van der Waals surface area contributed by atoms with E-state index < -0.39 is 5.97 Å². The van der Waals surface area contributed by atoms with Crippen molar-refractivity contribution in [2.45, 2.75) is 91.2 Å². The van der Waals surface area contributed by atoms with Gasteiger partial charge in [-0.25, -0.2) is 14.8 Å². The summed E-state index contributed by atoms with van der Waals surface area (Å²) in [5, 5.41) is 10.1. The molecule has 1 N–H and O–H groups in total. The minimum atomic E-state index is -1.01. The standard InChI is InChI=1S/C29H37N3O4S/c1-19-5-7-20(8-6-19)27(33)32(21-9-11-22(12-10-21)36-23-16-30-18-31-17-23)25-15-24(13-14-29(2,3)4)37-26(25)28(34)35/h15-22H,5-12H2,1-4H3,(H,34,35). The molecule has 2 aromatic rings. The SMILES string of the molecule is CC1CCC(C(=O)N(c2cc(C#CC(C)(C)C)sc2C(=O)O)C2CCC(Oc3cncnc3)CC2)CC1. The van der Waals surface area contributed by atoms with E-state index >= 15 is 0 Å². The summed E-state index contributed by atoms with van der Waals surface area (Å²) in [4.78, 5) is 37.1. The number of carboxylic acids is 1. The van der Waals surface area contributed by atoms with E-state index in [2.05, 4.69) is 28.7 Å². The van der Waals surface area contributed by atoms with Crippen molar-refractivity contribution >= 4 is 28.9 Å². The molecule has 2 aliphatic carbocycles. The first-order valence-electron chi connectivity index (χ1n) is 13.3. The number of carbonyl (C=O) groups is 2. The van der Waals surface area contributed by atoms with Crippen molar-refractivity contribution in [1.29, 1.82) is 0 Å². The Kier molecular flexibility index (Phi) is 8.53. The van der Waals surface area contributed by atoms with Gasteiger partial charge in [0.15, 0.2) is 5.75 Å². The average molecular weight is 524 g/mol. The molecule has 0 atom stereocenters. The minimum Gasteiger partial charge on any atom is -0.487 e. The lowest BCUT2D eigenvalue weighted by molar-refractivity contribution is -0.124. The molecule has 2 aliphatic rings. The molecule has 2 fully saturated rings. The van der Waals surface area contributed by atoms with E-state index in [0.717, 1.165) is 62.7 Å². The molecule has 0 radical (unpaired) electrons. The van der Waals surface area contributed by atoms with Crippen LogP contribution in [0, 0.1) is 29.1 Å². The zero-order valence-electron chi connectivity index (χ0n) is 22.2. The van der Waals surface area contributed by atoms with Crippen LogP contribution >= 0.6 is 11.3 Å². The van der Waals surface area contributed by atoms with Crippen LogP contribution in [-0.4, -0.2) is 39.1 Å². The third-order valence-corrected chi connectivity index (χ3v) is 8.21. The molecular formula is C29H37N3O4S. The van der Waals surface area contributed by atoms with Crippen LogP contribution in [0.4, 0.5) is 5.69 Å². The summed E-state index contributed by atoms with van der Waals surface area (Å²) in [5.74, 6) is 6.59. The van der Waals surface area contributed by atoms with Crippen LogP contribution in [0.3, 0.4) is 0 Å². The van der Waals surface area contributed by atoms with Gasteiger partial charge in [-0.2, -0.15) is 0 Å². The third-order valence-electron chi connectivity index (χ3n) is 7.18. The molecule has 8 heteroatoms. The predicted octanol–water partition coefficient (Wildman–Crippen LogP) is 6.18. The third kappa shape index (κ3) is 7.10. The fourth-order valence-electron chi connectivity index (χ4n) is 5.18. The van der Waals surface area contributed by atoms with Gasteiger partial charge in [0.1, 0.15) is 11.2 Å². The number of rotatable bonds is 6. The van der Waals surface area contributed by atoms with Crippen LogP contribution < -0.4 is 9.64 Å². The number of hydrogen-bond acceptors (Lipinski definition) is 6. The topological polar surface area (TPSA) is 92.6 Å². The number of aromatic nitrogens is 2. The van der Waals surface area contributed by atoms with Crippen molar-refractivity contribution in [2.75, 3.05) is 4.90 Å². The highest BCUT2D eigenvalue weighted by Crippen LogP contribution is 2.39. The molecule has 37 heavy (non-hydrogen) atoms. The zero-order valence-corrected chi connectivity index (χ0v) is 23.0. The van der Waals surface area contributed by atoms with Crippen LogP contribution in [0.1, 0.15) is 93.6 Å². The maximum Gasteiger partial charge on any atom is 0.348 e. The summed E-state index contributed by atoms with van der Waals surface area (Å²) in [7, 11) is 0. The van der Waals surface area contributed by atoms with Gasteiger partial charge < -0.3 is 14.7 Å². The molecule has 0 unspecified atom stereocenters. The van der Waals surface area contributed by atoms with E-state index in [1.807, 2.05) is 31.7 Å². The summed E-state index contributed by atoms with van der Waals surface area (Å²) in [5.41, 5.74) is 0.296. The first-order chi connectivity index (χ1) is 17.6. The number of amides is 1. The number of carbonyl (C=O) groups excluding carboxylic acids is 1. The molecule has 0 saturated heterocycles. The summed E-state index contributed by atoms with van der Waals surface area (Å²) >= 11 is 1.16. The van der Waals surface area contributed by atoms with E-state index in [-0.39, 0.29) is 34.3 Å². The van der Waals surface area contributed by atoms with Gasteiger partial charge in [0.25, 0.3) is 0 Å². The van der Waals surface area contributed by atoms with E-state index in [9.17, 15) is 14.7 Å². The Morgan fingerprint density at radius 1 is 1.05 bits per heavy atom. The van der Waals surface area contributed by atoms with Crippen molar-refractivity contribution in [3.8, 4) is 17.6 Å². The minimum absolute atomic E-state index is 0.0179. The molecule has 4 rings (SSSR count). The van der Waals surface area contributed by atoms with Gasteiger partial charge in [-0.15, -0.1) is 11.3 Å². The molecule has 0 spiro atoms. The lowest BCUT2D eigenvalue weighted by atomic mass is 9.81. The van der Waals surface area contributed by atoms with Crippen molar-refractivity contribution in [3.05, 3.63) is 34.5 Å². The highest BCUT2D eigenvalue weighted by Gasteiger charge is 2.37. The first kappa shape index (κ1) is 27.1. The highest BCUT2D eigenvalue weighted by molar-refractivity contribution is 7.15. The predicted molar refractivity (Wildman–Crippen MR) is 145 cm³/mol. The Hall–Kier alpha value is -2.92. The summed E-state index contributed by atoms with van der Waals surface area (Å²) in [6.45, 7) is 8.30. The number of carboxylic acid groups (broad SMARTS) is 1. The highest BCUT2D eigenvalue weighted by atomic mass is 32.1. The van der Waals surface area contributed by atoms with Gasteiger partial charge >= 0.3 is 5.97 Å². The Morgan fingerprint density at radius 3 is 2.30 bits per heavy atom. The Balaban J connectivity index is 1.61. The van der Waals surface area contributed by atoms with Crippen molar-refractivity contribution in [1.82, 2.24) is 9.97 Å². The monoisotopic (exact) mass is 523 g/mol. The molecule has 1 amide bonds. The summed E-state index contributed by atoms with van der Waals surface area (Å²) in [6, 6.07) is 1.75. The zero-order chi connectivity index (χ0) is 26.6. The van der Waals surface area contributed by atoms with Crippen LogP contribution in [0.15, 0.2) is 24.8 Å². The number of anilines is 1. The average Bonchev–Trinajstić information content (AvgIpc) is 3.29. The lowest BCUT2D eigenvalue weighted by Gasteiger charge is -2.39. The fourth-order valence-corrected chi connectivity index (χ4v) is 6.03. The van der Waals surface area contributed by atoms with Gasteiger partial charge in [-0.1, -0.05) is 18.8 Å². The van der Waals surface area contributed by atoms with Crippen molar-refractivity contribution in [3.63, 3.8) is 0 Å². The molecule has 198 valence electrons. The quantitative estimate of drug-likeness (QED) is 0.454. The second-order valence-corrected chi connectivity index (χ2v) is 12.5. The van der Waals surface area contributed by atoms with Gasteiger partial charge in [0, 0.05) is 17.4 Å². The number of nitrogens with zero attached hydrogens (tertiary/aromatic N) is 3. The number of thiophene rings is 1. The van der Waals surface area contributed by atoms with Gasteiger partial charge in [0.2, 0.25) is 5.91 Å². The van der Waals surface area contributed by atoms with Gasteiger partial charge in [-0.05, 0) is 84.1 Å². The summed E-state index contributed by atoms with van der Waals surface area (Å²) in [6.07, 6.45) is 11.6. The largest absolute Gasteiger partial charge is 0.487 e. The Bertz CT molecular complexity index is 1150. The van der Waals surface area contributed by atoms with Crippen molar-refractivity contribution < 1.29 is 19.4 Å². The van der Waals surface area contributed by atoms with Crippen LogP contribution in [0.2, 0.25) is 0 Å². The number of aromatic carboxylic acids is 1. The molecule has 2 aromatic heterocycles. The van der Waals surface area contributed by atoms with Crippen molar-refractivity contribution in [2.24, 2.45) is 17.3 Å². The van der Waals surface area contributed by atoms with Crippen LogP contribution in [0.5, 0.6) is 5.75 Å². The molecular weight excluding hydrogens is 486 g/mol. The molecule has 2 saturated carbocycles. The van der Waals surface area contributed by atoms with E-state index in [4.69, 9.17) is 4.74 Å². The van der Waals surface area contributed by atoms with E-state index in [1.165, 1.54) is 6.33 Å². The second kappa shape index (κ2) is 11.6. The first-order valence-corrected chi connectivity index (χ1v) is 14.1. The van der Waals surface area contributed by atoms with E-state index in [1.54, 1.807) is 12.4 Å². The number of hydrogen-bond donors (Lipinski definition) is 1. The van der Waals surface area contributed by atoms with Gasteiger partial charge in [-0.3, -0.25) is 4.79 Å². The van der Waals surface area contributed by atoms with Gasteiger partial charge in [0.05, 0.1) is 29.1 Å². The Morgan fingerprint density at radius 2 is 1.70 bits per heavy atom. The van der Waals surface area contributed by atoms with E-state index in [0.29, 0.717) is 22.2 Å². The molecule has 0 aliphatic heterocycles. The smallest absolute Gasteiger partial charge is 0.348 e. The van der Waals surface area contributed by atoms with Crippen LogP contribution in [0.25, 0.3) is 0 Å². The maximum atomic E-state index is 14.0.